The molecule has 0 bridgehead atoms. The van der Waals surface area contributed by atoms with Gasteiger partial charge in [-0.25, -0.2) is 78.0 Å². The van der Waals surface area contributed by atoms with Gasteiger partial charge in [-0.3, -0.25) is 0 Å². The molecule has 0 unspecified atom stereocenters. The van der Waals surface area contributed by atoms with Crippen molar-refractivity contribution >= 4 is 70.3 Å². The number of aromatic nitrogens is 10. The van der Waals surface area contributed by atoms with Crippen molar-refractivity contribution in [3.63, 3.8) is 0 Å². The molecule has 2 saturated carbocycles. The quantitative estimate of drug-likeness (QED) is 0.113. The minimum absolute atomic E-state index is 0.220. The van der Waals surface area contributed by atoms with Crippen LogP contribution in [0.2, 0.25) is 0 Å². The van der Waals surface area contributed by atoms with Crippen molar-refractivity contribution in [2.24, 2.45) is 0 Å². The van der Waals surface area contributed by atoms with Gasteiger partial charge in [0.2, 0.25) is 41.8 Å². The van der Waals surface area contributed by atoms with Gasteiger partial charge in [0.15, 0.2) is 0 Å². The Morgan fingerprint density at radius 1 is 0.485 bits per heavy atom. The third kappa shape index (κ3) is 14.4. The van der Waals surface area contributed by atoms with E-state index in [-0.39, 0.29) is 42.0 Å². The fourth-order valence-electron chi connectivity index (χ4n) is 16.3. The third-order valence-electron chi connectivity index (χ3n) is 22.3. The lowest BCUT2D eigenvalue weighted by Gasteiger charge is -2.39. The molecule has 0 spiro atoms. The van der Waals surface area contributed by atoms with Gasteiger partial charge in [0.25, 0.3) is 0 Å². The SMILES string of the molecule is C[C@@H]1Cc2ncnc(C3CCN(S(C)(=O)=O)CC3)c2CN1c1cc(C#N)nc2c1C=CC2.C[C@@H]1Cc2ncnc(C3CCN(S(C)(=O)=O)CC3)c2CN1c1cc(OC2CC2)nc2c1C=CC2.C[C@@H]1Cc2ncnc(C3CCN(S(C)(=O)=O)CC3)c2CN1c1cc(OC2CCC2)nc2[nH]ccc12. The van der Waals surface area contributed by atoms with Gasteiger partial charge in [-0.05, 0) is 104 Å². The van der Waals surface area contributed by atoms with Crippen LogP contribution in [-0.4, -0.2) is 176 Å². The minimum atomic E-state index is -3.16. The number of pyridine rings is 3. The summed E-state index contributed by atoms with van der Waals surface area (Å²) in [5, 5.41) is 10.6. The summed E-state index contributed by atoms with van der Waals surface area (Å²) < 4.78 is 88.7. The van der Waals surface area contributed by atoms with Crippen molar-refractivity contribution in [1.82, 2.24) is 62.8 Å². The molecule has 3 saturated heterocycles. The Kier molecular flexibility index (Phi) is 19.0. The molecule has 532 valence electrons. The number of aromatic amines is 1. The second-order valence-electron chi connectivity index (χ2n) is 29.2. The first-order chi connectivity index (χ1) is 48.6. The number of allylic oxidation sites excluding steroid dienone is 2. The normalized spacial score (nSPS) is 22.2. The number of H-pyrrole nitrogens is 1. The zero-order valence-electron chi connectivity index (χ0n) is 58.4. The standard InChI is InChI=1S/C25H32N6O3S.C25H31N5O3S.C23H26N6O2S/c1-16-12-21-20(24(28-15-27-21)17-7-10-30(11-8-17)35(2,32)33)14-31(16)22-13-23(34-18-4-3-5-18)29-25-19(22)6-9-26-25;1-16-12-22-20(25(27-15-26-22)17-8-10-29(11-9-17)34(2,31)32)14-30(16)23-13-24(33-18-6-7-18)28-21-5-3-4-19(21)23;1-15-10-21-19(13-29(15)22-11-17(12-24)27-20-5-3-4-18(20)22)23(26-14-25-21)16-6-8-28(9-7-16)32(2,30)31/h6,9,13,15-18H,3-5,7-8,10-12,14H2,1-2H3,(H,26,29);3-4,13,15-18H,5-12,14H2,1-2H3;3-4,11,14-16H,5-10,13H2,1-2H3/t2*16-;15-/m111/s1. The van der Waals surface area contributed by atoms with Crippen molar-refractivity contribution in [1.29, 1.82) is 5.26 Å². The van der Waals surface area contributed by atoms with E-state index in [9.17, 15) is 30.5 Å². The summed E-state index contributed by atoms with van der Waals surface area (Å²) in [5.41, 5.74) is 19.0. The number of fused-ring (bicyclic) bond motifs is 6. The molecule has 0 amide bonds. The zero-order chi connectivity index (χ0) is 70.1. The Morgan fingerprint density at radius 3 is 1.29 bits per heavy atom. The van der Waals surface area contributed by atoms with E-state index >= 15 is 0 Å². The molecule has 28 heteroatoms. The Labute approximate surface area is 592 Å². The largest absolute Gasteiger partial charge is 0.474 e. The molecule has 13 heterocycles. The molecule has 7 aromatic heterocycles. The first kappa shape index (κ1) is 68.7. The van der Waals surface area contributed by atoms with E-state index in [2.05, 4.69) is 114 Å². The van der Waals surface area contributed by atoms with Gasteiger partial charge in [-0.1, -0.05) is 24.3 Å². The minimum Gasteiger partial charge on any atom is -0.474 e. The maximum atomic E-state index is 12.0. The Balaban J connectivity index is 0.000000123. The predicted octanol–water partition coefficient (Wildman–Crippen LogP) is 8.85. The highest BCUT2D eigenvalue weighted by atomic mass is 32.2. The van der Waals surface area contributed by atoms with Crippen LogP contribution in [0.15, 0.2) is 61.6 Å². The number of sulfonamides is 3. The average molecular weight is 1430 g/mol. The van der Waals surface area contributed by atoms with Crippen LogP contribution in [0, 0.1) is 11.3 Å². The molecule has 1 N–H and O–H groups in total. The summed E-state index contributed by atoms with van der Waals surface area (Å²) in [5.74, 6) is 2.12. The lowest BCUT2D eigenvalue weighted by atomic mass is 9.87. The number of anilines is 3. The number of rotatable bonds is 13. The smallest absolute Gasteiger partial charge is 0.217 e. The predicted molar refractivity (Wildman–Crippen MR) is 386 cm³/mol. The van der Waals surface area contributed by atoms with Crippen molar-refractivity contribution in [2.45, 2.75) is 191 Å². The van der Waals surface area contributed by atoms with Crippen molar-refractivity contribution in [3.8, 4) is 17.8 Å². The van der Waals surface area contributed by atoms with Crippen LogP contribution in [0.4, 0.5) is 17.1 Å². The van der Waals surface area contributed by atoms with E-state index in [1.165, 1.54) is 47.6 Å². The number of nitrogens with one attached hydrogen (secondary N) is 1. The van der Waals surface area contributed by atoms with E-state index in [4.69, 9.17) is 29.4 Å². The lowest BCUT2D eigenvalue weighted by molar-refractivity contribution is 0.115. The van der Waals surface area contributed by atoms with Crippen LogP contribution in [0.1, 0.15) is 188 Å². The first-order valence-corrected chi connectivity index (χ1v) is 41.4. The second-order valence-corrected chi connectivity index (χ2v) is 35.1. The molecule has 0 radical (unpaired) electrons. The number of ether oxygens (including phenoxy) is 2. The van der Waals surface area contributed by atoms with Gasteiger partial charge in [-0.15, -0.1) is 0 Å². The number of piperidine rings is 3. The highest BCUT2D eigenvalue weighted by molar-refractivity contribution is 7.88. The number of hydrogen-bond donors (Lipinski definition) is 1. The molecular weight excluding hydrogens is 1340 g/mol. The number of nitriles is 1. The maximum Gasteiger partial charge on any atom is 0.217 e. The van der Waals surface area contributed by atoms with E-state index in [1.54, 1.807) is 31.9 Å². The number of hydrogen-bond acceptors (Lipinski definition) is 21. The van der Waals surface area contributed by atoms with Gasteiger partial charge in [0, 0.05) is 184 Å². The lowest BCUT2D eigenvalue weighted by Crippen LogP contribution is -2.41. The maximum absolute atomic E-state index is 12.0. The molecule has 25 nitrogen and oxygen atoms in total. The topological polar surface area (TPSA) is 296 Å². The van der Waals surface area contributed by atoms with E-state index in [1.807, 2.05) is 12.3 Å². The second kappa shape index (κ2) is 27.9. The molecule has 0 aromatic carbocycles. The summed E-state index contributed by atoms with van der Waals surface area (Å²) in [6.45, 7) is 12.0. The van der Waals surface area contributed by atoms with Gasteiger partial charge < -0.3 is 29.2 Å². The summed E-state index contributed by atoms with van der Waals surface area (Å²) >= 11 is 0. The van der Waals surface area contributed by atoms with E-state index < -0.39 is 30.1 Å². The molecule has 6 aliphatic heterocycles. The highest BCUT2D eigenvalue weighted by Crippen LogP contribution is 2.44. The molecule has 3 atom stereocenters. The molecule has 101 heavy (non-hydrogen) atoms. The fraction of sp³-hybridized carbons (Fsp3) is 0.534. The van der Waals surface area contributed by atoms with Gasteiger partial charge in [-0.2, -0.15) is 10.2 Å². The van der Waals surface area contributed by atoms with Crippen molar-refractivity contribution in [3.05, 3.63) is 141 Å². The molecule has 10 aliphatic rings. The van der Waals surface area contributed by atoms with E-state index in [0.29, 0.717) is 70.0 Å². The zero-order valence-corrected chi connectivity index (χ0v) is 60.8. The van der Waals surface area contributed by atoms with Gasteiger partial charge in [0.05, 0.1) is 75.7 Å². The van der Waals surface area contributed by atoms with Crippen LogP contribution >= 0.6 is 0 Å². The average Bonchev–Trinajstić information content (AvgIpc) is 1.70. The van der Waals surface area contributed by atoms with Gasteiger partial charge >= 0.3 is 0 Å². The van der Waals surface area contributed by atoms with E-state index in [0.717, 1.165) is 188 Å². The summed E-state index contributed by atoms with van der Waals surface area (Å²) in [6, 6.07) is 11.2. The molecule has 5 fully saturated rings. The molecule has 4 aliphatic carbocycles. The van der Waals surface area contributed by atoms with Crippen molar-refractivity contribution < 1.29 is 34.7 Å². The highest BCUT2D eigenvalue weighted by Gasteiger charge is 2.39. The van der Waals surface area contributed by atoms with Gasteiger partial charge in [0.1, 0.15) is 48.6 Å². The summed E-state index contributed by atoms with van der Waals surface area (Å²) in [4.78, 5) is 52.5. The molecule has 17 rings (SSSR count). The third-order valence-corrected chi connectivity index (χ3v) is 26.2. The van der Waals surface area contributed by atoms with Crippen LogP contribution in [0.25, 0.3) is 23.2 Å². The first-order valence-electron chi connectivity index (χ1n) is 35.8. The summed E-state index contributed by atoms with van der Waals surface area (Å²) in [6.07, 6.45) is 34.3. The summed E-state index contributed by atoms with van der Waals surface area (Å²) in [7, 11) is -9.46. The molecule has 7 aromatic rings. The monoisotopic (exact) mass is 1430 g/mol. The van der Waals surface area contributed by atoms with Crippen LogP contribution in [0.3, 0.4) is 0 Å². The molecular formula is C73H89N17O8S3. The Morgan fingerprint density at radius 2 is 0.881 bits per heavy atom. The van der Waals surface area contributed by atoms with Crippen LogP contribution < -0.4 is 24.2 Å². The van der Waals surface area contributed by atoms with Crippen molar-refractivity contribution in [2.75, 3.05) is 72.7 Å². The Bertz CT molecular complexity index is 4780. The Hall–Kier alpha value is -8.07. The fourth-order valence-corrected chi connectivity index (χ4v) is 18.9. The number of nitrogens with zero attached hydrogens (tertiary/aromatic N) is 16. The van der Waals surface area contributed by atoms with Crippen LogP contribution in [0.5, 0.6) is 11.8 Å². The van der Waals surface area contributed by atoms with Crippen LogP contribution in [-0.2, 0) is 81.8 Å².